The normalized spacial score (nSPS) is 22.4. The number of methoxy groups -OCH3 is 2. The van der Waals surface area contributed by atoms with Crippen molar-refractivity contribution in [2.45, 2.75) is 29.3 Å². The Kier molecular flexibility index (Phi) is 6.77. The molecular weight excluding hydrogens is 487 g/mol. The van der Waals surface area contributed by atoms with E-state index in [1.165, 1.54) is 12.3 Å². The van der Waals surface area contributed by atoms with Gasteiger partial charge in [-0.1, -0.05) is 0 Å². The van der Waals surface area contributed by atoms with Gasteiger partial charge in [0, 0.05) is 31.7 Å². The topological polar surface area (TPSA) is 105 Å². The van der Waals surface area contributed by atoms with Gasteiger partial charge in [0.05, 0.1) is 29.1 Å². The minimum atomic E-state index is -4.90. The highest BCUT2D eigenvalue weighted by Gasteiger charge is 2.63. The lowest BCUT2D eigenvalue weighted by atomic mass is 9.99. The number of aromatic nitrogens is 1. The second-order valence-electron chi connectivity index (χ2n) is 7.67. The van der Waals surface area contributed by atoms with Crippen molar-refractivity contribution in [2.24, 2.45) is 0 Å². The van der Waals surface area contributed by atoms with Crippen molar-refractivity contribution >= 4 is 27.0 Å². The number of hydrogen-bond donors (Lipinski definition) is 2. The molecule has 0 unspecified atom stereocenters. The number of nitrogens with one attached hydrogen (secondary N) is 2. The lowest BCUT2D eigenvalue weighted by Crippen LogP contribution is -2.49. The molecule has 0 radical (unpaired) electrons. The van der Waals surface area contributed by atoms with E-state index in [9.17, 15) is 31.0 Å². The number of carbonyl (C=O) groups excluding carboxylic acids is 1. The van der Waals surface area contributed by atoms with Gasteiger partial charge in [-0.25, -0.2) is 18.4 Å². The van der Waals surface area contributed by atoms with E-state index in [4.69, 9.17) is 14.3 Å². The first-order chi connectivity index (χ1) is 15.7. The molecule has 0 aliphatic carbocycles. The number of anilines is 2. The molecule has 8 nitrogen and oxygen atoms in total. The number of ether oxygens (including phenoxy) is 2. The first-order valence-corrected chi connectivity index (χ1v) is 11.6. The zero-order chi connectivity index (χ0) is 25.5. The number of pyridine rings is 1. The summed E-state index contributed by atoms with van der Waals surface area (Å²) in [6.45, 7) is -0.899. The Morgan fingerprint density at radius 2 is 1.97 bits per heavy atom. The molecule has 0 bridgehead atoms. The van der Waals surface area contributed by atoms with Crippen LogP contribution in [0.2, 0.25) is 0 Å². The van der Waals surface area contributed by atoms with E-state index in [0.717, 1.165) is 37.5 Å². The summed E-state index contributed by atoms with van der Waals surface area (Å²) in [4.78, 5) is 17.9. The molecule has 34 heavy (non-hydrogen) atoms. The number of amides is 1. The molecule has 2 N–H and O–H groups in total. The third kappa shape index (κ3) is 4.64. The van der Waals surface area contributed by atoms with Crippen molar-refractivity contribution in [1.29, 1.82) is 4.78 Å². The van der Waals surface area contributed by atoms with Gasteiger partial charge in [0.15, 0.2) is 17.2 Å². The SMILES string of the molecule is COc1c(N2C[C@@](OC)(C(F)(F)F)C[C@@H]2C(=O)Nc2ccnc([S@](C)(=N)=O)c2)ccc(F)c1F. The number of benzene rings is 1. The fourth-order valence-corrected chi connectivity index (χ4v) is 4.31. The van der Waals surface area contributed by atoms with Crippen LogP contribution in [-0.4, -0.2) is 59.9 Å². The summed E-state index contributed by atoms with van der Waals surface area (Å²) < 4.78 is 99.2. The molecular formula is C20H21F5N4O4S. The molecule has 1 aliphatic heterocycles. The number of rotatable bonds is 6. The number of carbonyl (C=O) groups is 1. The summed E-state index contributed by atoms with van der Waals surface area (Å²) in [5.74, 6) is -4.30. The van der Waals surface area contributed by atoms with Gasteiger partial charge in [0.1, 0.15) is 11.1 Å². The molecule has 2 heterocycles. The molecule has 3 rings (SSSR count). The second kappa shape index (κ2) is 8.98. The Morgan fingerprint density at radius 1 is 1.29 bits per heavy atom. The van der Waals surface area contributed by atoms with Crippen LogP contribution in [0, 0.1) is 16.4 Å². The van der Waals surface area contributed by atoms with Gasteiger partial charge in [-0.3, -0.25) is 4.79 Å². The van der Waals surface area contributed by atoms with E-state index in [-0.39, 0.29) is 16.4 Å². The standard InChI is InChI=1S/C20H21F5N4O4S/c1-32-17-13(5-4-12(21)16(17)22)29-10-19(33-2,20(23,24)25)9-14(29)18(30)28-11-6-7-27-15(8-11)34(3,26)31/h4-8,14,26H,9-10H2,1-3H3,(H,27,28,30)/t14-,19-,34-/m1/s1. The molecule has 3 atom stereocenters. The second-order valence-corrected chi connectivity index (χ2v) is 9.78. The smallest absolute Gasteiger partial charge is 0.419 e. The molecule has 1 fully saturated rings. The van der Waals surface area contributed by atoms with Gasteiger partial charge >= 0.3 is 6.18 Å². The first kappa shape index (κ1) is 25.6. The summed E-state index contributed by atoms with van der Waals surface area (Å²) in [5.41, 5.74) is -3.02. The summed E-state index contributed by atoms with van der Waals surface area (Å²) in [6.07, 6.45) is -3.46. The molecule has 186 valence electrons. The van der Waals surface area contributed by atoms with Crippen molar-refractivity contribution in [3.63, 3.8) is 0 Å². The van der Waals surface area contributed by atoms with Crippen LogP contribution in [0.25, 0.3) is 0 Å². The first-order valence-electron chi connectivity index (χ1n) is 9.65. The average molecular weight is 508 g/mol. The maximum absolute atomic E-state index is 14.3. The summed E-state index contributed by atoms with van der Waals surface area (Å²) in [7, 11) is -1.37. The van der Waals surface area contributed by atoms with Crippen molar-refractivity contribution in [3.05, 3.63) is 42.1 Å². The van der Waals surface area contributed by atoms with Crippen LogP contribution in [0.1, 0.15) is 6.42 Å². The quantitative estimate of drug-likeness (QED) is 0.579. The molecule has 14 heteroatoms. The monoisotopic (exact) mass is 508 g/mol. The number of nitrogens with zero attached hydrogens (tertiary/aromatic N) is 2. The maximum atomic E-state index is 14.3. The van der Waals surface area contributed by atoms with Gasteiger partial charge in [0.25, 0.3) is 0 Å². The third-order valence-corrected chi connectivity index (χ3v) is 6.50. The van der Waals surface area contributed by atoms with E-state index in [1.807, 2.05) is 0 Å². The van der Waals surface area contributed by atoms with Crippen LogP contribution in [0.5, 0.6) is 5.75 Å². The Morgan fingerprint density at radius 3 is 2.53 bits per heavy atom. The highest BCUT2D eigenvalue weighted by molar-refractivity contribution is 7.91. The largest absolute Gasteiger partial charge is 0.491 e. The summed E-state index contributed by atoms with van der Waals surface area (Å²) in [5, 5.41) is 2.27. The molecule has 1 amide bonds. The van der Waals surface area contributed by atoms with Crippen molar-refractivity contribution in [1.82, 2.24) is 4.98 Å². The van der Waals surface area contributed by atoms with Gasteiger partial charge in [0.2, 0.25) is 11.7 Å². The predicted octanol–water partition coefficient (Wildman–Crippen LogP) is 3.57. The van der Waals surface area contributed by atoms with Crippen LogP contribution < -0.4 is 15.0 Å². The van der Waals surface area contributed by atoms with Crippen LogP contribution in [-0.2, 0) is 19.3 Å². The Balaban J connectivity index is 2.06. The molecule has 1 aliphatic rings. The summed E-state index contributed by atoms with van der Waals surface area (Å²) >= 11 is 0. The van der Waals surface area contributed by atoms with E-state index < -0.39 is 63.8 Å². The van der Waals surface area contributed by atoms with Crippen LogP contribution >= 0.6 is 0 Å². The van der Waals surface area contributed by atoms with E-state index >= 15 is 0 Å². The predicted molar refractivity (Wildman–Crippen MR) is 112 cm³/mol. The van der Waals surface area contributed by atoms with Gasteiger partial charge < -0.3 is 19.7 Å². The highest BCUT2D eigenvalue weighted by Crippen LogP contribution is 2.47. The van der Waals surface area contributed by atoms with Crippen molar-refractivity contribution in [3.8, 4) is 5.75 Å². The molecule has 2 aromatic rings. The number of hydrogen-bond acceptors (Lipinski definition) is 7. The van der Waals surface area contributed by atoms with Crippen molar-refractivity contribution < 1.29 is 40.4 Å². The molecule has 0 spiro atoms. The molecule has 0 saturated carbocycles. The number of halogens is 5. The van der Waals surface area contributed by atoms with Gasteiger partial charge in [-0.05, 0) is 24.3 Å². The number of alkyl halides is 3. The molecule has 1 aromatic carbocycles. The van der Waals surface area contributed by atoms with E-state index in [1.54, 1.807) is 0 Å². The minimum Gasteiger partial charge on any atom is -0.491 e. The van der Waals surface area contributed by atoms with E-state index in [0.29, 0.717) is 6.07 Å². The van der Waals surface area contributed by atoms with Gasteiger partial charge in [-0.2, -0.15) is 17.6 Å². The van der Waals surface area contributed by atoms with E-state index in [2.05, 4.69) is 10.3 Å². The van der Waals surface area contributed by atoms with Crippen LogP contribution in [0.4, 0.5) is 33.3 Å². The Bertz CT molecular complexity index is 1210. The minimum absolute atomic E-state index is 0.0379. The highest BCUT2D eigenvalue weighted by atomic mass is 32.2. The Labute approximate surface area is 192 Å². The maximum Gasteiger partial charge on any atom is 0.419 e. The zero-order valence-corrected chi connectivity index (χ0v) is 19.0. The van der Waals surface area contributed by atoms with Crippen molar-refractivity contribution in [2.75, 3.05) is 37.2 Å². The Hall–Kier alpha value is -3.00. The van der Waals surface area contributed by atoms with Crippen LogP contribution in [0.15, 0.2) is 35.5 Å². The molecule has 1 saturated heterocycles. The lowest BCUT2D eigenvalue weighted by molar-refractivity contribution is -0.261. The molecule has 1 aromatic heterocycles. The third-order valence-electron chi connectivity index (χ3n) is 5.48. The fraction of sp³-hybridized carbons (Fsp3) is 0.400. The average Bonchev–Trinajstić information content (AvgIpc) is 3.16. The summed E-state index contributed by atoms with van der Waals surface area (Å²) in [6, 6.07) is 2.65. The fourth-order valence-electron chi connectivity index (χ4n) is 3.70. The van der Waals surface area contributed by atoms with Crippen LogP contribution in [0.3, 0.4) is 0 Å². The lowest BCUT2D eigenvalue weighted by Gasteiger charge is -2.31. The zero-order valence-electron chi connectivity index (χ0n) is 18.2. The van der Waals surface area contributed by atoms with Gasteiger partial charge in [-0.15, -0.1) is 0 Å².